The molecular formula is C12H16N6O. The van der Waals surface area contributed by atoms with Gasteiger partial charge in [0.15, 0.2) is 0 Å². The second-order valence-electron chi connectivity index (χ2n) is 4.05. The fourth-order valence-corrected chi connectivity index (χ4v) is 1.74. The highest BCUT2D eigenvalue weighted by Crippen LogP contribution is 2.16. The molecule has 0 unspecified atom stereocenters. The van der Waals surface area contributed by atoms with E-state index in [1.807, 2.05) is 6.92 Å². The van der Waals surface area contributed by atoms with Crippen molar-refractivity contribution in [2.24, 2.45) is 0 Å². The number of nitrogens with one attached hydrogen (secondary N) is 1. The largest absolute Gasteiger partial charge is 0.395 e. The Morgan fingerprint density at radius 1 is 1.53 bits per heavy atom. The molecule has 0 fully saturated rings. The summed E-state index contributed by atoms with van der Waals surface area (Å²) in [6.07, 6.45) is 3.07. The van der Waals surface area contributed by atoms with Crippen molar-refractivity contribution in [3.63, 3.8) is 0 Å². The van der Waals surface area contributed by atoms with Gasteiger partial charge in [0.05, 0.1) is 23.6 Å². The molecule has 2 heterocycles. The molecule has 0 aliphatic heterocycles. The van der Waals surface area contributed by atoms with E-state index in [0.717, 1.165) is 5.69 Å². The lowest BCUT2D eigenvalue weighted by atomic mass is 10.3. The summed E-state index contributed by atoms with van der Waals surface area (Å²) in [5.41, 5.74) is 8.09. The van der Waals surface area contributed by atoms with Gasteiger partial charge in [-0.15, -0.1) is 0 Å². The number of hydrogen-bond acceptors (Lipinski definition) is 5. The zero-order valence-electron chi connectivity index (χ0n) is 10.9. The number of nitrogens with zero attached hydrogens (tertiary/aromatic N) is 4. The lowest BCUT2D eigenvalue weighted by Gasteiger charge is -2.07. The first-order valence-corrected chi connectivity index (χ1v) is 5.99. The van der Waals surface area contributed by atoms with E-state index >= 15 is 0 Å². The van der Waals surface area contributed by atoms with Crippen molar-refractivity contribution in [1.29, 1.82) is 0 Å². The van der Waals surface area contributed by atoms with Crippen molar-refractivity contribution in [3.05, 3.63) is 35.7 Å². The Kier molecular flexibility index (Phi) is 3.74. The molecule has 3 N–H and O–H groups in total. The van der Waals surface area contributed by atoms with Crippen LogP contribution in [-0.2, 0) is 13.1 Å². The van der Waals surface area contributed by atoms with Crippen LogP contribution < -0.4 is 11.1 Å². The Morgan fingerprint density at radius 3 is 2.95 bits per heavy atom. The second kappa shape index (κ2) is 5.47. The lowest BCUT2D eigenvalue weighted by molar-refractivity contribution is 0.0940. The van der Waals surface area contributed by atoms with Crippen LogP contribution in [0.2, 0.25) is 0 Å². The van der Waals surface area contributed by atoms with Gasteiger partial charge in [0.2, 0.25) is 0 Å². The standard InChI is InChI=1S/C12H16N6O/c1-3-18-11(10(13)8(2)17-18)12(19)15-6-9-4-5-14-7-16-9/h4-5,7H,3,6,13H2,1-2H3,(H,15,19). The van der Waals surface area contributed by atoms with Gasteiger partial charge >= 0.3 is 0 Å². The number of anilines is 1. The Morgan fingerprint density at radius 2 is 2.32 bits per heavy atom. The molecule has 19 heavy (non-hydrogen) atoms. The summed E-state index contributed by atoms with van der Waals surface area (Å²) in [7, 11) is 0. The van der Waals surface area contributed by atoms with Crippen LogP contribution in [0.1, 0.15) is 28.8 Å². The maximum Gasteiger partial charge on any atom is 0.272 e. The number of hydrogen-bond donors (Lipinski definition) is 2. The fourth-order valence-electron chi connectivity index (χ4n) is 1.74. The van der Waals surface area contributed by atoms with Gasteiger partial charge in [0.1, 0.15) is 12.0 Å². The third-order valence-electron chi connectivity index (χ3n) is 2.76. The van der Waals surface area contributed by atoms with Crippen molar-refractivity contribution >= 4 is 11.6 Å². The summed E-state index contributed by atoms with van der Waals surface area (Å²) in [6.45, 7) is 4.61. The highest BCUT2D eigenvalue weighted by molar-refractivity contribution is 5.97. The Balaban J connectivity index is 2.12. The molecule has 2 aromatic heterocycles. The highest BCUT2D eigenvalue weighted by atomic mass is 16.2. The molecule has 0 spiro atoms. The van der Waals surface area contributed by atoms with Gasteiger partial charge < -0.3 is 11.1 Å². The Bertz CT molecular complexity index is 577. The number of carbonyl (C=O) groups excluding carboxylic acids is 1. The van der Waals surface area contributed by atoms with Crippen LogP contribution in [0.5, 0.6) is 0 Å². The van der Waals surface area contributed by atoms with Gasteiger partial charge in [-0.3, -0.25) is 9.48 Å². The molecule has 7 nitrogen and oxygen atoms in total. The van der Waals surface area contributed by atoms with E-state index in [-0.39, 0.29) is 5.91 Å². The summed E-state index contributed by atoms with van der Waals surface area (Å²) >= 11 is 0. The molecule has 1 amide bonds. The third kappa shape index (κ3) is 2.70. The number of rotatable bonds is 4. The number of nitrogens with two attached hydrogens (primary N) is 1. The predicted octanol–water partition coefficient (Wildman–Crippen LogP) is 0.514. The SMILES string of the molecule is CCn1nc(C)c(N)c1C(=O)NCc1ccncn1. The minimum absolute atomic E-state index is 0.251. The Labute approximate surface area is 110 Å². The molecule has 2 rings (SSSR count). The zero-order valence-corrected chi connectivity index (χ0v) is 10.9. The molecule has 0 saturated carbocycles. The predicted molar refractivity (Wildman–Crippen MR) is 70.3 cm³/mol. The Hall–Kier alpha value is -2.44. The zero-order chi connectivity index (χ0) is 13.8. The topological polar surface area (TPSA) is 98.7 Å². The van der Waals surface area contributed by atoms with E-state index < -0.39 is 0 Å². The highest BCUT2D eigenvalue weighted by Gasteiger charge is 2.18. The summed E-state index contributed by atoms with van der Waals surface area (Å²) < 4.78 is 1.60. The molecule has 0 radical (unpaired) electrons. The van der Waals surface area contributed by atoms with Gasteiger partial charge in [-0.25, -0.2) is 9.97 Å². The van der Waals surface area contributed by atoms with Crippen LogP contribution in [0.4, 0.5) is 5.69 Å². The first-order chi connectivity index (χ1) is 9.13. The third-order valence-corrected chi connectivity index (χ3v) is 2.76. The molecule has 7 heteroatoms. The minimum atomic E-state index is -0.251. The van der Waals surface area contributed by atoms with Crippen LogP contribution >= 0.6 is 0 Å². The van der Waals surface area contributed by atoms with E-state index in [2.05, 4.69) is 20.4 Å². The average Bonchev–Trinajstić information content (AvgIpc) is 2.73. The van der Waals surface area contributed by atoms with Crippen LogP contribution in [0.25, 0.3) is 0 Å². The van der Waals surface area contributed by atoms with Gasteiger partial charge in [0, 0.05) is 12.7 Å². The van der Waals surface area contributed by atoms with E-state index in [1.54, 1.807) is 23.9 Å². The van der Waals surface area contributed by atoms with Crippen LogP contribution in [0.15, 0.2) is 18.6 Å². The number of amides is 1. The molecule has 0 aliphatic carbocycles. The van der Waals surface area contributed by atoms with Gasteiger partial charge in [0.25, 0.3) is 5.91 Å². The number of nitrogen functional groups attached to an aromatic ring is 1. The molecule has 0 bridgehead atoms. The molecular weight excluding hydrogens is 244 g/mol. The first kappa shape index (κ1) is 13.0. The van der Waals surface area contributed by atoms with Crippen molar-refractivity contribution in [3.8, 4) is 0 Å². The smallest absolute Gasteiger partial charge is 0.272 e. The summed E-state index contributed by atoms with van der Waals surface area (Å²) in [5, 5.41) is 6.98. The molecule has 0 aliphatic rings. The molecule has 2 aromatic rings. The maximum atomic E-state index is 12.1. The number of aromatic nitrogens is 4. The van der Waals surface area contributed by atoms with Crippen LogP contribution in [0.3, 0.4) is 0 Å². The van der Waals surface area contributed by atoms with E-state index in [4.69, 9.17) is 5.73 Å². The monoisotopic (exact) mass is 260 g/mol. The van der Waals surface area contributed by atoms with E-state index in [0.29, 0.717) is 30.2 Å². The first-order valence-electron chi connectivity index (χ1n) is 5.99. The van der Waals surface area contributed by atoms with Crippen molar-refractivity contribution in [2.75, 3.05) is 5.73 Å². The van der Waals surface area contributed by atoms with Gasteiger partial charge in [-0.05, 0) is 19.9 Å². The van der Waals surface area contributed by atoms with Gasteiger partial charge in [-0.1, -0.05) is 0 Å². The van der Waals surface area contributed by atoms with Gasteiger partial charge in [-0.2, -0.15) is 5.10 Å². The summed E-state index contributed by atoms with van der Waals surface area (Å²) in [5.74, 6) is -0.251. The molecule has 0 atom stereocenters. The van der Waals surface area contributed by atoms with Crippen molar-refractivity contribution in [1.82, 2.24) is 25.1 Å². The molecule has 0 aromatic carbocycles. The average molecular weight is 260 g/mol. The summed E-state index contributed by atoms with van der Waals surface area (Å²) in [4.78, 5) is 20.0. The molecule has 100 valence electrons. The quantitative estimate of drug-likeness (QED) is 0.834. The molecule has 0 saturated heterocycles. The summed E-state index contributed by atoms with van der Waals surface area (Å²) in [6, 6.07) is 1.74. The van der Waals surface area contributed by atoms with Crippen molar-refractivity contribution in [2.45, 2.75) is 26.9 Å². The maximum absolute atomic E-state index is 12.1. The number of carbonyl (C=O) groups is 1. The van der Waals surface area contributed by atoms with E-state index in [1.165, 1.54) is 6.33 Å². The van der Waals surface area contributed by atoms with Crippen LogP contribution in [-0.4, -0.2) is 25.7 Å². The lowest BCUT2D eigenvalue weighted by Crippen LogP contribution is -2.27. The second-order valence-corrected chi connectivity index (χ2v) is 4.05. The minimum Gasteiger partial charge on any atom is -0.395 e. The fraction of sp³-hybridized carbons (Fsp3) is 0.333. The number of aryl methyl sites for hydroxylation is 2. The van der Waals surface area contributed by atoms with E-state index in [9.17, 15) is 4.79 Å². The van der Waals surface area contributed by atoms with Crippen molar-refractivity contribution < 1.29 is 4.79 Å². The van der Waals surface area contributed by atoms with Crippen LogP contribution in [0, 0.1) is 6.92 Å². The normalized spacial score (nSPS) is 10.4.